The van der Waals surface area contributed by atoms with E-state index < -0.39 is 12.0 Å². The minimum Gasteiger partial charge on any atom is -0.497 e. The lowest BCUT2D eigenvalue weighted by Gasteiger charge is -2.27. The number of carbonyl (C=O) groups is 2. The van der Waals surface area contributed by atoms with Crippen LogP contribution in [0.4, 0.5) is 4.79 Å². The van der Waals surface area contributed by atoms with Gasteiger partial charge in [0.1, 0.15) is 12.4 Å². The number of hydrogen-bond donors (Lipinski definition) is 2. The second kappa shape index (κ2) is 7.61. The standard InChI is InChI=1S/C19H20N2O4S/c1-11-4-9-15(26-11)17-16(12(2)20-19(23)21-17)18(22)25-10-13-5-7-14(24-3)8-6-13/h4-9,17H,10H2,1-3H3,(H2,20,21,23). The van der Waals surface area contributed by atoms with Crippen LogP contribution in [0.1, 0.15) is 28.3 Å². The van der Waals surface area contributed by atoms with Gasteiger partial charge in [-0.25, -0.2) is 9.59 Å². The van der Waals surface area contributed by atoms with Crippen molar-refractivity contribution in [1.29, 1.82) is 0 Å². The highest BCUT2D eigenvalue weighted by Crippen LogP contribution is 2.32. The van der Waals surface area contributed by atoms with Gasteiger partial charge in [-0.3, -0.25) is 0 Å². The summed E-state index contributed by atoms with van der Waals surface area (Å²) in [5, 5.41) is 5.45. The van der Waals surface area contributed by atoms with Crippen molar-refractivity contribution in [3.63, 3.8) is 0 Å². The van der Waals surface area contributed by atoms with Crippen molar-refractivity contribution in [1.82, 2.24) is 10.6 Å². The van der Waals surface area contributed by atoms with Crippen molar-refractivity contribution in [2.45, 2.75) is 26.5 Å². The van der Waals surface area contributed by atoms with Crippen LogP contribution in [0.3, 0.4) is 0 Å². The van der Waals surface area contributed by atoms with E-state index in [1.807, 2.05) is 43.3 Å². The van der Waals surface area contributed by atoms with Crippen LogP contribution < -0.4 is 15.4 Å². The van der Waals surface area contributed by atoms with Crippen molar-refractivity contribution >= 4 is 23.3 Å². The number of hydrogen-bond acceptors (Lipinski definition) is 5. The number of thiophene rings is 1. The summed E-state index contributed by atoms with van der Waals surface area (Å²) in [5.41, 5.74) is 1.78. The fourth-order valence-corrected chi connectivity index (χ4v) is 3.67. The molecule has 1 aromatic heterocycles. The van der Waals surface area contributed by atoms with E-state index in [9.17, 15) is 9.59 Å². The van der Waals surface area contributed by atoms with Gasteiger partial charge >= 0.3 is 12.0 Å². The fraction of sp³-hybridized carbons (Fsp3) is 0.263. The minimum atomic E-state index is -0.509. The first-order valence-electron chi connectivity index (χ1n) is 8.12. The van der Waals surface area contributed by atoms with Gasteiger partial charge in [-0.15, -0.1) is 11.3 Å². The average molecular weight is 372 g/mol. The molecular formula is C19H20N2O4S. The van der Waals surface area contributed by atoms with E-state index >= 15 is 0 Å². The molecule has 0 aliphatic carbocycles. The van der Waals surface area contributed by atoms with Crippen LogP contribution in [-0.2, 0) is 16.1 Å². The molecule has 2 amide bonds. The van der Waals surface area contributed by atoms with Gasteiger partial charge in [0.15, 0.2) is 0 Å². The van der Waals surface area contributed by atoms with Gasteiger partial charge in [-0.2, -0.15) is 0 Å². The SMILES string of the molecule is COc1ccc(COC(=O)C2=C(C)NC(=O)NC2c2ccc(C)s2)cc1. The number of urea groups is 1. The summed E-state index contributed by atoms with van der Waals surface area (Å²) < 4.78 is 10.6. The number of carbonyl (C=O) groups excluding carboxylic acids is 2. The number of aryl methyl sites for hydroxylation is 1. The lowest BCUT2D eigenvalue weighted by molar-refractivity contribution is -0.140. The first-order valence-corrected chi connectivity index (χ1v) is 8.94. The van der Waals surface area contributed by atoms with E-state index in [4.69, 9.17) is 9.47 Å². The normalized spacial score (nSPS) is 16.7. The third kappa shape index (κ3) is 3.88. The molecule has 0 spiro atoms. The Kier molecular flexibility index (Phi) is 5.27. The second-order valence-corrected chi connectivity index (χ2v) is 7.26. The van der Waals surface area contributed by atoms with E-state index in [2.05, 4.69) is 10.6 Å². The van der Waals surface area contributed by atoms with Crippen LogP contribution in [0, 0.1) is 6.92 Å². The summed E-state index contributed by atoms with van der Waals surface area (Å²) in [6.07, 6.45) is 0. The number of allylic oxidation sites excluding steroid dienone is 1. The third-order valence-electron chi connectivity index (χ3n) is 4.06. The second-order valence-electron chi connectivity index (χ2n) is 5.94. The summed E-state index contributed by atoms with van der Waals surface area (Å²) in [6.45, 7) is 3.83. The quantitative estimate of drug-likeness (QED) is 0.789. The third-order valence-corrected chi connectivity index (χ3v) is 5.13. The van der Waals surface area contributed by atoms with Crippen molar-refractivity contribution in [3.8, 4) is 5.75 Å². The molecule has 2 heterocycles. The zero-order valence-corrected chi connectivity index (χ0v) is 15.6. The summed E-state index contributed by atoms with van der Waals surface area (Å²) in [4.78, 5) is 26.6. The lowest BCUT2D eigenvalue weighted by atomic mass is 10.0. The maximum absolute atomic E-state index is 12.7. The largest absolute Gasteiger partial charge is 0.497 e. The lowest BCUT2D eigenvalue weighted by Crippen LogP contribution is -2.45. The van der Waals surface area contributed by atoms with Crippen LogP contribution in [0.5, 0.6) is 5.75 Å². The van der Waals surface area contributed by atoms with E-state index in [1.54, 1.807) is 14.0 Å². The number of nitrogens with one attached hydrogen (secondary N) is 2. The summed E-state index contributed by atoms with van der Waals surface area (Å²) in [5.74, 6) is 0.285. The van der Waals surface area contributed by atoms with E-state index in [1.165, 1.54) is 11.3 Å². The molecule has 0 radical (unpaired) electrons. The maximum Gasteiger partial charge on any atom is 0.338 e. The molecule has 2 N–H and O–H groups in total. The summed E-state index contributed by atoms with van der Waals surface area (Å²) in [7, 11) is 1.60. The van der Waals surface area contributed by atoms with Gasteiger partial charge in [0.2, 0.25) is 0 Å². The predicted octanol–water partition coefficient (Wildman–Crippen LogP) is 3.44. The van der Waals surface area contributed by atoms with E-state index in [0.29, 0.717) is 11.3 Å². The van der Waals surface area contributed by atoms with Gasteiger partial charge in [0.25, 0.3) is 0 Å². The molecule has 7 heteroatoms. The number of esters is 1. The maximum atomic E-state index is 12.7. The number of rotatable bonds is 5. The average Bonchev–Trinajstić information content (AvgIpc) is 3.06. The van der Waals surface area contributed by atoms with Crippen molar-refractivity contribution in [2.75, 3.05) is 7.11 Å². The molecule has 1 aliphatic rings. The predicted molar refractivity (Wildman–Crippen MR) is 99.0 cm³/mol. The summed E-state index contributed by atoms with van der Waals surface area (Å²) in [6, 6.07) is 10.4. The smallest absolute Gasteiger partial charge is 0.338 e. The van der Waals surface area contributed by atoms with Gasteiger partial charge in [-0.05, 0) is 43.7 Å². The molecule has 26 heavy (non-hydrogen) atoms. The Morgan fingerprint density at radius 3 is 2.50 bits per heavy atom. The van der Waals surface area contributed by atoms with E-state index in [0.717, 1.165) is 21.1 Å². The Bertz CT molecular complexity index is 855. The number of ether oxygens (including phenoxy) is 2. The Labute approximate surface area is 155 Å². The highest BCUT2D eigenvalue weighted by atomic mass is 32.1. The molecule has 1 aromatic carbocycles. The number of methoxy groups -OCH3 is 1. The van der Waals surface area contributed by atoms with Crippen LogP contribution in [0.2, 0.25) is 0 Å². The number of benzene rings is 1. The molecule has 1 unspecified atom stereocenters. The van der Waals surface area contributed by atoms with Crippen molar-refractivity contribution < 1.29 is 19.1 Å². The molecule has 6 nitrogen and oxygen atoms in total. The molecule has 0 bridgehead atoms. The Morgan fingerprint density at radius 2 is 1.88 bits per heavy atom. The van der Waals surface area contributed by atoms with Crippen LogP contribution >= 0.6 is 11.3 Å². The van der Waals surface area contributed by atoms with Gasteiger partial charge in [0.05, 0.1) is 18.7 Å². The first-order chi connectivity index (χ1) is 12.5. The van der Waals surface area contributed by atoms with E-state index in [-0.39, 0.29) is 12.6 Å². The van der Waals surface area contributed by atoms with Crippen LogP contribution in [0.25, 0.3) is 0 Å². The zero-order chi connectivity index (χ0) is 18.7. The molecule has 1 atom stereocenters. The molecule has 0 fully saturated rings. The molecule has 136 valence electrons. The Hall–Kier alpha value is -2.80. The molecule has 0 saturated heterocycles. The summed E-state index contributed by atoms with van der Waals surface area (Å²) >= 11 is 1.54. The number of amides is 2. The first kappa shape index (κ1) is 18.0. The van der Waals surface area contributed by atoms with Gasteiger partial charge < -0.3 is 20.1 Å². The minimum absolute atomic E-state index is 0.143. The Morgan fingerprint density at radius 1 is 1.15 bits per heavy atom. The highest BCUT2D eigenvalue weighted by molar-refractivity contribution is 7.12. The molecule has 3 rings (SSSR count). The molecular weight excluding hydrogens is 352 g/mol. The molecule has 2 aromatic rings. The van der Waals surface area contributed by atoms with Gasteiger partial charge in [0, 0.05) is 15.5 Å². The molecule has 0 saturated carbocycles. The Balaban J connectivity index is 1.77. The van der Waals surface area contributed by atoms with Crippen molar-refractivity contribution in [3.05, 3.63) is 63.0 Å². The van der Waals surface area contributed by atoms with Crippen LogP contribution in [-0.4, -0.2) is 19.1 Å². The highest BCUT2D eigenvalue weighted by Gasteiger charge is 2.33. The monoisotopic (exact) mass is 372 g/mol. The molecule has 1 aliphatic heterocycles. The topological polar surface area (TPSA) is 76.7 Å². The zero-order valence-electron chi connectivity index (χ0n) is 14.8. The van der Waals surface area contributed by atoms with Gasteiger partial charge in [-0.1, -0.05) is 12.1 Å². The van der Waals surface area contributed by atoms with Crippen molar-refractivity contribution in [2.24, 2.45) is 0 Å². The fourth-order valence-electron chi connectivity index (χ4n) is 2.73. The van der Waals surface area contributed by atoms with Crippen LogP contribution in [0.15, 0.2) is 47.7 Å².